The van der Waals surface area contributed by atoms with Crippen LogP contribution in [-0.2, 0) is 9.59 Å². The number of hydrogen-bond donors (Lipinski definition) is 2. The fourth-order valence-corrected chi connectivity index (χ4v) is 2.79. The van der Waals surface area contributed by atoms with E-state index in [-0.39, 0.29) is 11.8 Å². The lowest BCUT2D eigenvalue weighted by molar-refractivity contribution is -0.154. The highest BCUT2D eigenvalue weighted by molar-refractivity contribution is 5.95. The van der Waals surface area contributed by atoms with Gasteiger partial charge < -0.3 is 15.5 Å². The topological polar surface area (TPSA) is 61.4 Å². The molecule has 2 saturated heterocycles. The second kappa shape index (κ2) is 4.53. The van der Waals surface area contributed by atoms with Crippen LogP contribution in [0.2, 0.25) is 0 Å². The van der Waals surface area contributed by atoms with Crippen molar-refractivity contribution in [1.29, 1.82) is 0 Å². The lowest BCUT2D eigenvalue weighted by atomic mass is 9.87. The maximum atomic E-state index is 12.7. The van der Waals surface area contributed by atoms with Gasteiger partial charge in [0.2, 0.25) is 11.8 Å². The van der Waals surface area contributed by atoms with Gasteiger partial charge in [-0.1, -0.05) is 0 Å². The molecule has 0 aliphatic carbocycles. The lowest BCUT2D eigenvalue weighted by Crippen LogP contribution is -2.69. The summed E-state index contributed by atoms with van der Waals surface area (Å²) in [5.74, 6) is -0.0106. The number of rotatable bonds is 1. The fraction of sp³-hybridized carbons (Fsp3) is 0.846. The standard InChI is InChI=1S/C13H23N3O2/c1-12(2)10(17)14-8-9-16(12)11(18)13(3)6-4-5-7-15-13/h15H,4-9H2,1-3H3,(H,14,17). The van der Waals surface area contributed by atoms with Crippen LogP contribution in [0.5, 0.6) is 0 Å². The molecule has 1 atom stereocenters. The van der Waals surface area contributed by atoms with E-state index in [1.807, 2.05) is 20.8 Å². The highest BCUT2D eigenvalue weighted by Gasteiger charge is 2.46. The zero-order chi connectivity index (χ0) is 13.4. The van der Waals surface area contributed by atoms with E-state index in [2.05, 4.69) is 10.6 Å². The summed E-state index contributed by atoms with van der Waals surface area (Å²) in [5.41, 5.74) is -1.26. The van der Waals surface area contributed by atoms with Gasteiger partial charge in [0.15, 0.2) is 0 Å². The normalized spacial score (nSPS) is 31.9. The van der Waals surface area contributed by atoms with Crippen LogP contribution in [0.15, 0.2) is 0 Å². The van der Waals surface area contributed by atoms with E-state index < -0.39 is 11.1 Å². The van der Waals surface area contributed by atoms with Crippen molar-refractivity contribution >= 4 is 11.8 Å². The first-order valence-electron chi connectivity index (χ1n) is 6.73. The molecule has 5 nitrogen and oxygen atoms in total. The van der Waals surface area contributed by atoms with Gasteiger partial charge in [0.1, 0.15) is 5.54 Å². The minimum absolute atomic E-state index is 0.0575. The number of carbonyl (C=O) groups is 2. The molecule has 0 aromatic heterocycles. The van der Waals surface area contributed by atoms with Crippen molar-refractivity contribution < 1.29 is 9.59 Å². The maximum Gasteiger partial charge on any atom is 0.245 e. The fourth-order valence-electron chi connectivity index (χ4n) is 2.79. The second-order valence-corrected chi connectivity index (χ2v) is 5.99. The van der Waals surface area contributed by atoms with Gasteiger partial charge >= 0.3 is 0 Å². The van der Waals surface area contributed by atoms with Crippen LogP contribution < -0.4 is 10.6 Å². The van der Waals surface area contributed by atoms with Crippen molar-refractivity contribution in [3.05, 3.63) is 0 Å². The van der Waals surface area contributed by atoms with Gasteiger partial charge in [0.25, 0.3) is 0 Å². The van der Waals surface area contributed by atoms with Crippen LogP contribution in [-0.4, -0.2) is 47.4 Å². The molecule has 5 heteroatoms. The van der Waals surface area contributed by atoms with Crippen molar-refractivity contribution in [2.24, 2.45) is 0 Å². The Balaban J connectivity index is 2.19. The summed E-state index contributed by atoms with van der Waals surface area (Å²) in [4.78, 5) is 26.3. The Morgan fingerprint density at radius 2 is 1.94 bits per heavy atom. The molecule has 2 heterocycles. The summed E-state index contributed by atoms with van der Waals surface area (Å²) in [6.07, 6.45) is 3.03. The van der Waals surface area contributed by atoms with Gasteiger partial charge in [-0.2, -0.15) is 0 Å². The Morgan fingerprint density at radius 3 is 2.56 bits per heavy atom. The van der Waals surface area contributed by atoms with E-state index in [1.165, 1.54) is 0 Å². The highest BCUT2D eigenvalue weighted by Crippen LogP contribution is 2.26. The van der Waals surface area contributed by atoms with E-state index in [1.54, 1.807) is 4.90 Å². The summed E-state index contributed by atoms with van der Waals surface area (Å²) < 4.78 is 0. The Bertz CT molecular complexity index is 359. The molecule has 18 heavy (non-hydrogen) atoms. The van der Waals surface area contributed by atoms with Crippen molar-refractivity contribution in [2.75, 3.05) is 19.6 Å². The third-order valence-corrected chi connectivity index (χ3v) is 4.19. The van der Waals surface area contributed by atoms with Gasteiger partial charge in [-0.3, -0.25) is 9.59 Å². The molecule has 2 aliphatic heterocycles. The predicted octanol–water partition coefficient (Wildman–Crippen LogP) is 0.256. The number of piperazine rings is 1. The van der Waals surface area contributed by atoms with Crippen LogP contribution in [0, 0.1) is 0 Å². The zero-order valence-corrected chi connectivity index (χ0v) is 11.5. The Hall–Kier alpha value is -1.10. The van der Waals surface area contributed by atoms with Crippen molar-refractivity contribution in [3.63, 3.8) is 0 Å². The summed E-state index contributed by atoms with van der Waals surface area (Å²) in [5, 5.41) is 6.14. The maximum absolute atomic E-state index is 12.7. The van der Waals surface area contributed by atoms with E-state index in [9.17, 15) is 9.59 Å². The summed E-state index contributed by atoms with van der Waals surface area (Å²) in [6.45, 7) is 7.59. The largest absolute Gasteiger partial charge is 0.352 e. The Kier molecular flexibility index (Phi) is 3.36. The quantitative estimate of drug-likeness (QED) is 0.704. The molecule has 102 valence electrons. The van der Waals surface area contributed by atoms with Crippen LogP contribution in [0.1, 0.15) is 40.0 Å². The van der Waals surface area contributed by atoms with Crippen LogP contribution in [0.3, 0.4) is 0 Å². The lowest BCUT2D eigenvalue weighted by Gasteiger charge is -2.46. The molecule has 0 radical (unpaired) electrons. The summed E-state index contributed by atoms with van der Waals surface area (Å²) >= 11 is 0. The first-order valence-corrected chi connectivity index (χ1v) is 6.73. The molecule has 2 aliphatic rings. The van der Waals surface area contributed by atoms with E-state index in [0.29, 0.717) is 13.1 Å². The Morgan fingerprint density at radius 1 is 1.22 bits per heavy atom. The number of nitrogens with one attached hydrogen (secondary N) is 2. The molecule has 0 spiro atoms. The number of carbonyl (C=O) groups excluding carboxylic acids is 2. The zero-order valence-electron chi connectivity index (χ0n) is 11.5. The van der Waals surface area contributed by atoms with Crippen LogP contribution in [0.25, 0.3) is 0 Å². The van der Waals surface area contributed by atoms with Gasteiger partial charge in [-0.25, -0.2) is 0 Å². The van der Waals surface area contributed by atoms with E-state index in [4.69, 9.17) is 0 Å². The van der Waals surface area contributed by atoms with Gasteiger partial charge in [0, 0.05) is 13.1 Å². The molecule has 0 saturated carbocycles. The van der Waals surface area contributed by atoms with E-state index in [0.717, 1.165) is 25.8 Å². The third-order valence-electron chi connectivity index (χ3n) is 4.19. The SMILES string of the molecule is CC1(C(=O)N2CCNC(=O)C2(C)C)CCCCN1. The number of amides is 2. The average Bonchev–Trinajstić information content (AvgIpc) is 2.33. The summed E-state index contributed by atoms with van der Waals surface area (Å²) in [6, 6.07) is 0. The van der Waals surface area contributed by atoms with Gasteiger partial charge in [-0.05, 0) is 46.6 Å². The molecule has 2 N–H and O–H groups in total. The van der Waals surface area contributed by atoms with E-state index >= 15 is 0 Å². The van der Waals surface area contributed by atoms with Crippen LogP contribution >= 0.6 is 0 Å². The molecule has 2 rings (SSSR count). The summed E-state index contributed by atoms with van der Waals surface area (Å²) in [7, 11) is 0. The molecule has 2 fully saturated rings. The molecule has 0 aromatic rings. The monoisotopic (exact) mass is 253 g/mol. The molecule has 0 bridgehead atoms. The first-order chi connectivity index (χ1) is 8.38. The smallest absolute Gasteiger partial charge is 0.245 e. The number of hydrogen-bond acceptors (Lipinski definition) is 3. The van der Waals surface area contributed by atoms with Crippen LogP contribution in [0.4, 0.5) is 0 Å². The number of piperidine rings is 1. The predicted molar refractivity (Wildman–Crippen MR) is 69.1 cm³/mol. The minimum Gasteiger partial charge on any atom is -0.352 e. The Labute approximate surface area is 108 Å². The van der Waals surface area contributed by atoms with Crippen molar-refractivity contribution in [3.8, 4) is 0 Å². The molecule has 1 unspecified atom stereocenters. The van der Waals surface area contributed by atoms with Crippen molar-refractivity contribution in [1.82, 2.24) is 15.5 Å². The first kappa shape index (κ1) is 13.3. The molecule has 0 aromatic carbocycles. The molecule has 2 amide bonds. The molecular formula is C13H23N3O2. The average molecular weight is 253 g/mol. The van der Waals surface area contributed by atoms with Crippen molar-refractivity contribution in [2.45, 2.75) is 51.1 Å². The second-order valence-electron chi connectivity index (χ2n) is 5.99. The minimum atomic E-state index is -0.753. The highest BCUT2D eigenvalue weighted by atomic mass is 16.2. The third kappa shape index (κ3) is 2.11. The van der Waals surface area contributed by atoms with Gasteiger partial charge in [-0.15, -0.1) is 0 Å². The molecular weight excluding hydrogens is 230 g/mol. The number of nitrogens with zero attached hydrogens (tertiary/aromatic N) is 1. The van der Waals surface area contributed by atoms with Gasteiger partial charge in [0.05, 0.1) is 5.54 Å².